The molecule has 0 aliphatic heterocycles. The first-order chi connectivity index (χ1) is 13.1. The molecule has 0 N–H and O–H groups in total. The molecule has 6 heteroatoms. The Bertz CT molecular complexity index is 727. The van der Waals surface area contributed by atoms with Crippen LogP contribution in [-0.4, -0.2) is 35.4 Å². The molecule has 0 aliphatic carbocycles. The van der Waals surface area contributed by atoms with Crippen LogP contribution in [0.3, 0.4) is 0 Å². The van der Waals surface area contributed by atoms with Gasteiger partial charge in [0.25, 0.3) is 0 Å². The molecule has 1 amide bonds. The molecule has 0 bridgehead atoms. The molecule has 0 saturated heterocycles. The average Bonchev–Trinajstić information content (AvgIpc) is 3.16. The Kier molecular flexibility index (Phi) is 8.04. The largest absolute Gasteiger partial charge is 0.464 e. The maximum absolute atomic E-state index is 13.2. The topological polar surface area (TPSA) is 72.6 Å². The van der Waals surface area contributed by atoms with E-state index >= 15 is 0 Å². The van der Waals surface area contributed by atoms with Crippen molar-refractivity contribution in [1.29, 1.82) is 0 Å². The average molecular weight is 372 g/mol. The Labute approximate surface area is 160 Å². The number of methoxy groups -OCH3 is 1. The summed E-state index contributed by atoms with van der Waals surface area (Å²) in [5.74, 6) is -0.367. The fourth-order valence-electron chi connectivity index (χ4n) is 3.02. The van der Waals surface area contributed by atoms with Gasteiger partial charge in [0, 0.05) is 6.54 Å². The number of rotatable bonds is 10. The zero-order valence-corrected chi connectivity index (χ0v) is 16.3. The standard InChI is InChI=1S/C21H28N2O4/c1-4-6-10-13-23(14-19-22-18(15-27-19)21(25)26-3)20(24)17(5-2)16-11-8-7-9-12-16/h7-9,11-12,15,17H,4-6,10,13-14H2,1-3H3/t17-/m1/s1. The van der Waals surface area contributed by atoms with E-state index in [4.69, 9.17) is 4.42 Å². The van der Waals surface area contributed by atoms with Crippen LogP contribution >= 0.6 is 0 Å². The minimum Gasteiger partial charge on any atom is -0.464 e. The number of carbonyl (C=O) groups excluding carboxylic acids is 2. The molecule has 146 valence electrons. The highest BCUT2D eigenvalue weighted by Crippen LogP contribution is 2.23. The minimum absolute atomic E-state index is 0.0534. The normalized spacial score (nSPS) is 11.8. The van der Waals surface area contributed by atoms with Gasteiger partial charge in [-0.05, 0) is 18.4 Å². The molecule has 6 nitrogen and oxygen atoms in total. The smallest absolute Gasteiger partial charge is 0.360 e. The van der Waals surface area contributed by atoms with Gasteiger partial charge in [-0.25, -0.2) is 9.78 Å². The number of benzene rings is 1. The first-order valence-electron chi connectivity index (χ1n) is 9.47. The second-order valence-electron chi connectivity index (χ2n) is 6.46. The number of amides is 1. The number of unbranched alkanes of at least 4 members (excludes halogenated alkanes) is 2. The fourth-order valence-corrected chi connectivity index (χ4v) is 3.02. The SMILES string of the molecule is CCCCCN(Cc1nc(C(=O)OC)co1)C(=O)[C@H](CC)c1ccccc1. The molecule has 0 saturated carbocycles. The van der Waals surface area contributed by atoms with Crippen LogP contribution in [0.2, 0.25) is 0 Å². The molecule has 1 aromatic carbocycles. The van der Waals surface area contributed by atoms with Crippen LogP contribution in [0.15, 0.2) is 41.0 Å². The van der Waals surface area contributed by atoms with Gasteiger partial charge in [0.1, 0.15) is 6.26 Å². The summed E-state index contributed by atoms with van der Waals surface area (Å²) in [6.07, 6.45) is 5.02. The van der Waals surface area contributed by atoms with Crippen molar-refractivity contribution in [3.05, 3.63) is 53.7 Å². The summed E-state index contributed by atoms with van der Waals surface area (Å²) in [5, 5.41) is 0. The van der Waals surface area contributed by atoms with Crippen molar-refractivity contribution < 1.29 is 18.7 Å². The van der Waals surface area contributed by atoms with Crippen LogP contribution in [0.4, 0.5) is 0 Å². The summed E-state index contributed by atoms with van der Waals surface area (Å²) >= 11 is 0. The van der Waals surface area contributed by atoms with Crippen LogP contribution in [0, 0.1) is 0 Å². The highest BCUT2D eigenvalue weighted by Gasteiger charge is 2.26. The highest BCUT2D eigenvalue weighted by atomic mass is 16.5. The van der Waals surface area contributed by atoms with Crippen LogP contribution in [0.25, 0.3) is 0 Å². The van der Waals surface area contributed by atoms with Crippen LogP contribution < -0.4 is 0 Å². The van der Waals surface area contributed by atoms with Gasteiger partial charge in [-0.1, -0.05) is 57.0 Å². The summed E-state index contributed by atoms with van der Waals surface area (Å²) in [6, 6.07) is 9.81. The van der Waals surface area contributed by atoms with E-state index < -0.39 is 5.97 Å². The highest BCUT2D eigenvalue weighted by molar-refractivity contribution is 5.86. The summed E-state index contributed by atoms with van der Waals surface area (Å²) in [5.41, 5.74) is 1.12. The molecule has 1 heterocycles. The Morgan fingerprint density at radius 1 is 1.19 bits per heavy atom. The molecular weight excluding hydrogens is 344 g/mol. The lowest BCUT2D eigenvalue weighted by atomic mass is 9.95. The summed E-state index contributed by atoms with van der Waals surface area (Å²) in [7, 11) is 1.29. The van der Waals surface area contributed by atoms with Crippen molar-refractivity contribution >= 4 is 11.9 Å². The molecule has 27 heavy (non-hydrogen) atoms. The molecule has 2 rings (SSSR count). The molecule has 2 aromatic rings. The van der Waals surface area contributed by atoms with Gasteiger partial charge in [-0.15, -0.1) is 0 Å². The molecule has 0 aliphatic rings. The second-order valence-corrected chi connectivity index (χ2v) is 6.46. The number of carbonyl (C=O) groups is 2. The number of nitrogens with zero attached hydrogens (tertiary/aromatic N) is 2. The third-order valence-electron chi connectivity index (χ3n) is 4.52. The number of oxazole rings is 1. The van der Waals surface area contributed by atoms with Crippen LogP contribution in [0.1, 0.15) is 67.4 Å². The third-order valence-corrected chi connectivity index (χ3v) is 4.52. The van der Waals surface area contributed by atoms with E-state index in [1.165, 1.54) is 13.4 Å². The van der Waals surface area contributed by atoms with Gasteiger partial charge in [0.15, 0.2) is 5.69 Å². The van der Waals surface area contributed by atoms with Crippen molar-refractivity contribution in [2.75, 3.05) is 13.7 Å². The maximum Gasteiger partial charge on any atom is 0.360 e. The molecule has 0 fully saturated rings. The van der Waals surface area contributed by atoms with E-state index in [1.54, 1.807) is 4.90 Å². The molecule has 0 spiro atoms. The number of aromatic nitrogens is 1. The molecule has 0 unspecified atom stereocenters. The van der Waals surface area contributed by atoms with Gasteiger partial charge in [-0.3, -0.25) is 4.79 Å². The lowest BCUT2D eigenvalue weighted by Crippen LogP contribution is -2.35. The second kappa shape index (κ2) is 10.5. The third kappa shape index (κ3) is 5.67. The lowest BCUT2D eigenvalue weighted by molar-refractivity contribution is -0.134. The van der Waals surface area contributed by atoms with Crippen LogP contribution in [0.5, 0.6) is 0 Å². The van der Waals surface area contributed by atoms with Gasteiger partial charge in [-0.2, -0.15) is 0 Å². The first kappa shape index (κ1) is 20.7. The monoisotopic (exact) mass is 372 g/mol. The quantitative estimate of drug-likeness (QED) is 0.462. The Balaban J connectivity index is 2.18. The summed E-state index contributed by atoms with van der Waals surface area (Å²) in [4.78, 5) is 30.7. The summed E-state index contributed by atoms with van der Waals surface area (Å²) in [6.45, 7) is 5.01. The lowest BCUT2D eigenvalue weighted by Gasteiger charge is -2.26. The maximum atomic E-state index is 13.2. The van der Waals surface area contributed by atoms with E-state index in [2.05, 4.69) is 16.6 Å². The van der Waals surface area contributed by atoms with Gasteiger partial charge < -0.3 is 14.1 Å². The Morgan fingerprint density at radius 3 is 2.56 bits per heavy atom. The Hall–Kier alpha value is -2.63. The minimum atomic E-state index is -0.551. The number of esters is 1. The number of ether oxygens (including phenoxy) is 1. The zero-order chi connectivity index (χ0) is 19.6. The first-order valence-corrected chi connectivity index (χ1v) is 9.47. The van der Waals surface area contributed by atoms with E-state index in [0.717, 1.165) is 24.8 Å². The van der Waals surface area contributed by atoms with Crippen molar-refractivity contribution in [2.24, 2.45) is 0 Å². The summed E-state index contributed by atoms with van der Waals surface area (Å²) < 4.78 is 10.0. The molecule has 1 atom stereocenters. The van der Waals surface area contributed by atoms with E-state index in [0.29, 0.717) is 18.9 Å². The predicted molar refractivity (Wildman–Crippen MR) is 102 cm³/mol. The van der Waals surface area contributed by atoms with Crippen molar-refractivity contribution in [3.63, 3.8) is 0 Å². The molecular formula is C21H28N2O4. The van der Waals surface area contributed by atoms with Crippen LogP contribution in [-0.2, 0) is 16.1 Å². The fraction of sp³-hybridized carbons (Fsp3) is 0.476. The number of hydrogen-bond acceptors (Lipinski definition) is 5. The molecule has 0 radical (unpaired) electrons. The zero-order valence-electron chi connectivity index (χ0n) is 16.3. The van der Waals surface area contributed by atoms with Gasteiger partial charge in [0.05, 0.1) is 19.6 Å². The van der Waals surface area contributed by atoms with Crippen molar-refractivity contribution in [2.45, 2.75) is 52.0 Å². The van der Waals surface area contributed by atoms with E-state index in [1.807, 2.05) is 37.3 Å². The van der Waals surface area contributed by atoms with E-state index in [-0.39, 0.29) is 24.1 Å². The predicted octanol–water partition coefficient (Wildman–Crippen LogP) is 4.17. The van der Waals surface area contributed by atoms with Gasteiger partial charge in [0.2, 0.25) is 11.8 Å². The van der Waals surface area contributed by atoms with Crippen molar-refractivity contribution in [3.8, 4) is 0 Å². The van der Waals surface area contributed by atoms with Crippen molar-refractivity contribution in [1.82, 2.24) is 9.88 Å². The molecule has 1 aromatic heterocycles. The van der Waals surface area contributed by atoms with E-state index in [9.17, 15) is 9.59 Å². The number of hydrogen-bond donors (Lipinski definition) is 0. The Morgan fingerprint density at radius 2 is 1.93 bits per heavy atom. The van der Waals surface area contributed by atoms with Gasteiger partial charge >= 0.3 is 5.97 Å².